The van der Waals surface area contributed by atoms with Gasteiger partial charge in [-0.25, -0.2) is 0 Å². The van der Waals surface area contributed by atoms with Crippen molar-refractivity contribution in [1.29, 1.82) is 0 Å². The van der Waals surface area contributed by atoms with E-state index in [4.69, 9.17) is 0 Å². The van der Waals surface area contributed by atoms with Crippen LogP contribution in [0, 0.1) is 13.8 Å². The molecule has 2 rings (SSSR count). The van der Waals surface area contributed by atoms with Crippen LogP contribution >= 0.6 is 11.7 Å². The molecule has 0 spiro atoms. The van der Waals surface area contributed by atoms with E-state index in [2.05, 4.69) is 34.7 Å². The molecular formula is C8H8N2S. The lowest BCUT2D eigenvalue weighted by Gasteiger charge is -1.94. The lowest BCUT2D eigenvalue weighted by atomic mass is 10.1. The molecule has 56 valence electrons. The molecule has 1 aromatic heterocycles. The van der Waals surface area contributed by atoms with Gasteiger partial charge in [-0.05, 0) is 25.0 Å². The molecule has 0 bridgehead atoms. The fourth-order valence-electron chi connectivity index (χ4n) is 1.11. The molecule has 0 radical (unpaired) electrons. The summed E-state index contributed by atoms with van der Waals surface area (Å²) in [5, 5.41) is 0. The van der Waals surface area contributed by atoms with Crippen LogP contribution in [0.5, 0.6) is 0 Å². The molecule has 0 aliphatic rings. The number of fused-ring (bicyclic) bond motifs is 1. The van der Waals surface area contributed by atoms with Crippen molar-refractivity contribution in [2.24, 2.45) is 0 Å². The van der Waals surface area contributed by atoms with Crippen molar-refractivity contribution in [3.63, 3.8) is 0 Å². The molecule has 1 aromatic carbocycles. The number of aryl methyl sites for hydroxylation is 2. The monoisotopic (exact) mass is 164 g/mol. The number of hydrogen-bond acceptors (Lipinski definition) is 3. The van der Waals surface area contributed by atoms with Crippen molar-refractivity contribution in [3.8, 4) is 0 Å². The summed E-state index contributed by atoms with van der Waals surface area (Å²) in [6.45, 7) is 4.12. The van der Waals surface area contributed by atoms with E-state index >= 15 is 0 Å². The third-order valence-corrected chi connectivity index (χ3v) is 2.35. The van der Waals surface area contributed by atoms with E-state index in [-0.39, 0.29) is 0 Å². The quantitative estimate of drug-likeness (QED) is 0.597. The van der Waals surface area contributed by atoms with Gasteiger partial charge >= 0.3 is 0 Å². The van der Waals surface area contributed by atoms with Gasteiger partial charge in [-0.2, -0.15) is 8.75 Å². The van der Waals surface area contributed by atoms with Crippen molar-refractivity contribution in [2.75, 3.05) is 0 Å². The highest BCUT2D eigenvalue weighted by Gasteiger charge is 2.02. The summed E-state index contributed by atoms with van der Waals surface area (Å²) in [6.07, 6.45) is 0. The van der Waals surface area contributed by atoms with Crippen LogP contribution in [0.15, 0.2) is 12.1 Å². The minimum Gasteiger partial charge on any atom is -0.173 e. The van der Waals surface area contributed by atoms with Crippen LogP contribution in [0.25, 0.3) is 11.0 Å². The maximum Gasteiger partial charge on any atom is 0.107 e. The SMILES string of the molecule is Cc1ccc(C)c2nsnc12. The molecule has 0 unspecified atom stereocenters. The van der Waals surface area contributed by atoms with Gasteiger partial charge in [-0.1, -0.05) is 12.1 Å². The number of nitrogens with zero attached hydrogens (tertiary/aromatic N) is 2. The fraction of sp³-hybridized carbons (Fsp3) is 0.250. The summed E-state index contributed by atoms with van der Waals surface area (Å²) in [4.78, 5) is 0. The third kappa shape index (κ3) is 0.922. The maximum absolute atomic E-state index is 4.21. The first kappa shape index (κ1) is 6.73. The van der Waals surface area contributed by atoms with Crippen molar-refractivity contribution in [3.05, 3.63) is 23.3 Å². The van der Waals surface area contributed by atoms with Gasteiger partial charge in [0.2, 0.25) is 0 Å². The Morgan fingerprint density at radius 2 is 1.45 bits per heavy atom. The molecule has 0 fully saturated rings. The Bertz CT molecular complexity index is 356. The predicted octanol–water partition coefficient (Wildman–Crippen LogP) is 2.31. The summed E-state index contributed by atoms with van der Waals surface area (Å²) in [7, 11) is 0. The van der Waals surface area contributed by atoms with E-state index in [1.54, 1.807) is 0 Å². The van der Waals surface area contributed by atoms with Crippen molar-refractivity contribution < 1.29 is 0 Å². The summed E-state index contributed by atoms with van der Waals surface area (Å²) < 4.78 is 8.42. The van der Waals surface area contributed by atoms with E-state index in [1.807, 2.05) is 0 Å². The van der Waals surface area contributed by atoms with E-state index in [0.717, 1.165) is 11.0 Å². The lowest BCUT2D eigenvalue weighted by Crippen LogP contribution is -1.79. The fourth-order valence-corrected chi connectivity index (χ4v) is 1.78. The highest BCUT2D eigenvalue weighted by Crippen LogP contribution is 2.18. The van der Waals surface area contributed by atoms with Crippen LogP contribution in [-0.2, 0) is 0 Å². The van der Waals surface area contributed by atoms with Crippen LogP contribution < -0.4 is 0 Å². The van der Waals surface area contributed by atoms with E-state index in [9.17, 15) is 0 Å². The van der Waals surface area contributed by atoms with Gasteiger partial charge in [0.25, 0.3) is 0 Å². The number of benzene rings is 1. The first-order chi connectivity index (χ1) is 5.29. The van der Waals surface area contributed by atoms with Gasteiger partial charge in [-0.15, -0.1) is 0 Å². The topological polar surface area (TPSA) is 25.8 Å². The predicted molar refractivity (Wildman–Crippen MR) is 46.9 cm³/mol. The zero-order valence-corrected chi connectivity index (χ0v) is 7.27. The Balaban J connectivity index is 2.96. The normalized spacial score (nSPS) is 10.7. The maximum atomic E-state index is 4.21. The molecule has 0 amide bonds. The molecular weight excluding hydrogens is 156 g/mol. The van der Waals surface area contributed by atoms with Gasteiger partial charge in [-0.3, -0.25) is 0 Å². The molecule has 0 saturated heterocycles. The van der Waals surface area contributed by atoms with E-state index < -0.39 is 0 Å². The van der Waals surface area contributed by atoms with Crippen LogP contribution in [0.4, 0.5) is 0 Å². The van der Waals surface area contributed by atoms with E-state index in [0.29, 0.717) is 0 Å². The molecule has 0 atom stereocenters. The molecule has 3 heteroatoms. The molecule has 2 aromatic rings. The van der Waals surface area contributed by atoms with E-state index in [1.165, 1.54) is 22.9 Å². The Kier molecular flexibility index (Phi) is 1.39. The average molecular weight is 164 g/mol. The summed E-state index contributed by atoms with van der Waals surface area (Å²) in [5.74, 6) is 0. The minimum absolute atomic E-state index is 1.05. The smallest absolute Gasteiger partial charge is 0.107 e. The lowest BCUT2D eigenvalue weighted by molar-refractivity contribution is 1.42. The Morgan fingerprint density at radius 1 is 1.00 bits per heavy atom. The Morgan fingerprint density at radius 3 is 1.91 bits per heavy atom. The van der Waals surface area contributed by atoms with Crippen molar-refractivity contribution >= 4 is 22.8 Å². The van der Waals surface area contributed by atoms with Crippen molar-refractivity contribution in [2.45, 2.75) is 13.8 Å². The minimum atomic E-state index is 1.05. The highest BCUT2D eigenvalue weighted by molar-refractivity contribution is 7.00. The molecule has 0 saturated carbocycles. The first-order valence-corrected chi connectivity index (χ1v) is 4.20. The third-order valence-electron chi connectivity index (χ3n) is 1.82. The van der Waals surface area contributed by atoms with Crippen LogP contribution in [0.1, 0.15) is 11.1 Å². The zero-order valence-electron chi connectivity index (χ0n) is 6.46. The van der Waals surface area contributed by atoms with Gasteiger partial charge in [0.15, 0.2) is 0 Å². The second kappa shape index (κ2) is 2.27. The molecule has 1 heterocycles. The summed E-state index contributed by atoms with van der Waals surface area (Å²) in [5.41, 5.74) is 4.52. The van der Waals surface area contributed by atoms with Crippen molar-refractivity contribution in [1.82, 2.24) is 8.75 Å². The summed E-state index contributed by atoms with van der Waals surface area (Å²) >= 11 is 1.28. The van der Waals surface area contributed by atoms with Gasteiger partial charge in [0.05, 0.1) is 11.7 Å². The van der Waals surface area contributed by atoms with Crippen LogP contribution in [-0.4, -0.2) is 8.75 Å². The molecule has 2 nitrogen and oxygen atoms in total. The zero-order chi connectivity index (χ0) is 7.84. The highest BCUT2D eigenvalue weighted by atomic mass is 32.1. The standard InChI is InChI=1S/C8H8N2S/c1-5-3-4-6(2)8-7(5)9-11-10-8/h3-4H,1-2H3. The molecule has 0 aliphatic carbocycles. The Hall–Kier alpha value is -0.960. The second-order valence-corrected chi connectivity index (χ2v) is 3.19. The molecule has 0 aliphatic heterocycles. The molecule has 0 N–H and O–H groups in total. The second-order valence-electron chi connectivity index (χ2n) is 2.66. The van der Waals surface area contributed by atoms with Gasteiger partial charge in [0.1, 0.15) is 11.0 Å². The van der Waals surface area contributed by atoms with Gasteiger partial charge in [0, 0.05) is 0 Å². The largest absolute Gasteiger partial charge is 0.173 e. The number of aromatic nitrogens is 2. The summed E-state index contributed by atoms with van der Waals surface area (Å²) in [6, 6.07) is 4.16. The first-order valence-electron chi connectivity index (χ1n) is 3.47. The number of hydrogen-bond donors (Lipinski definition) is 0. The van der Waals surface area contributed by atoms with Crippen LogP contribution in [0.3, 0.4) is 0 Å². The van der Waals surface area contributed by atoms with Crippen LogP contribution in [0.2, 0.25) is 0 Å². The average Bonchev–Trinajstić information content (AvgIpc) is 2.45. The number of rotatable bonds is 0. The Labute approximate surface area is 69.2 Å². The van der Waals surface area contributed by atoms with Gasteiger partial charge < -0.3 is 0 Å². The molecule has 11 heavy (non-hydrogen) atoms.